The molecule has 0 spiro atoms. The molecular weight excluding hydrogens is 220 g/mol. The molecule has 2 nitrogen and oxygen atoms in total. The van der Waals surface area contributed by atoms with Gasteiger partial charge in [0.15, 0.2) is 0 Å². The van der Waals surface area contributed by atoms with E-state index in [2.05, 4.69) is 36.9 Å². The fourth-order valence-corrected chi connectivity index (χ4v) is 2.46. The first kappa shape index (κ1) is 13.1. The van der Waals surface area contributed by atoms with Gasteiger partial charge in [0.1, 0.15) is 0 Å². The number of hydrogen-bond donors (Lipinski definition) is 2. The summed E-state index contributed by atoms with van der Waals surface area (Å²) in [7, 11) is 0. The van der Waals surface area contributed by atoms with Crippen LogP contribution in [0, 0.1) is 0 Å². The van der Waals surface area contributed by atoms with Gasteiger partial charge in [-0.05, 0) is 36.8 Å². The van der Waals surface area contributed by atoms with Crippen molar-refractivity contribution in [2.24, 2.45) is 11.5 Å². The van der Waals surface area contributed by atoms with Gasteiger partial charge in [-0.15, -0.1) is 6.58 Å². The van der Waals surface area contributed by atoms with Crippen LogP contribution in [0.25, 0.3) is 6.08 Å². The van der Waals surface area contributed by atoms with E-state index in [9.17, 15) is 0 Å². The molecule has 96 valence electrons. The second-order valence-corrected chi connectivity index (χ2v) is 5.04. The average molecular weight is 242 g/mol. The lowest BCUT2D eigenvalue weighted by atomic mass is 9.86. The van der Waals surface area contributed by atoms with Gasteiger partial charge in [-0.1, -0.05) is 42.0 Å². The van der Waals surface area contributed by atoms with Gasteiger partial charge in [-0.3, -0.25) is 0 Å². The van der Waals surface area contributed by atoms with Crippen molar-refractivity contribution in [1.82, 2.24) is 0 Å². The summed E-state index contributed by atoms with van der Waals surface area (Å²) in [5.41, 5.74) is 15.9. The quantitative estimate of drug-likeness (QED) is 0.801. The lowest BCUT2D eigenvalue weighted by Crippen LogP contribution is -2.45. The third-order valence-electron chi connectivity index (χ3n) is 3.60. The topological polar surface area (TPSA) is 52.0 Å². The molecule has 2 heteroatoms. The fraction of sp³-hybridized carbons (Fsp3) is 0.375. The normalized spacial score (nSPS) is 26.2. The second kappa shape index (κ2) is 5.98. The molecule has 0 heterocycles. The van der Waals surface area contributed by atoms with Crippen molar-refractivity contribution in [3.8, 4) is 0 Å². The second-order valence-electron chi connectivity index (χ2n) is 5.04. The summed E-state index contributed by atoms with van der Waals surface area (Å²) in [5, 5.41) is 0. The molecule has 1 aliphatic carbocycles. The first-order chi connectivity index (χ1) is 8.70. The molecule has 0 amide bonds. The fourth-order valence-electron chi connectivity index (χ4n) is 2.46. The average Bonchev–Trinajstić information content (AvgIpc) is 2.38. The summed E-state index contributed by atoms with van der Waals surface area (Å²) < 4.78 is 0. The lowest BCUT2D eigenvalue weighted by Gasteiger charge is -2.28. The number of hydrogen-bond acceptors (Lipinski definition) is 2. The van der Waals surface area contributed by atoms with Crippen LogP contribution in [-0.4, -0.2) is 12.1 Å². The van der Waals surface area contributed by atoms with E-state index in [1.54, 1.807) is 0 Å². The van der Waals surface area contributed by atoms with Crippen molar-refractivity contribution in [3.63, 3.8) is 0 Å². The Bertz CT molecular complexity index is 431. The van der Waals surface area contributed by atoms with Gasteiger partial charge < -0.3 is 11.5 Å². The summed E-state index contributed by atoms with van der Waals surface area (Å²) in [4.78, 5) is 0. The zero-order valence-electron chi connectivity index (χ0n) is 10.8. The molecule has 4 N–H and O–H groups in total. The van der Waals surface area contributed by atoms with Crippen molar-refractivity contribution in [3.05, 3.63) is 53.6 Å². The molecule has 1 fully saturated rings. The zero-order valence-corrected chi connectivity index (χ0v) is 10.8. The largest absolute Gasteiger partial charge is 0.326 e. The van der Waals surface area contributed by atoms with Crippen molar-refractivity contribution in [1.29, 1.82) is 0 Å². The number of nitrogens with two attached hydrogens (primary N) is 2. The van der Waals surface area contributed by atoms with Gasteiger partial charge in [0.05, 0.1) is 0 Å². The highest BCUT2D eigenvalue weighted by atomic mass is 14.8. The molecule has 2 rings (SSSR count). The summed E-state index contributed by atoms with van der Waals surface area (Å²) in [6.07, 6.45) is 8.29. The molecule has 1 aromatic carbocycles. The van der Waals surface area contributed by atoms with Crippen LogP contribution in [0.5, 0.6) is 0 Å². The molecule has 18 heavy (non-hydrogen) atoms. The number of rotatable bonds is 3. The minimum absolute atomic E-state index is 0.0200. The molecule has 0 radical (unpaired) electrons. The van der Waals surface area contributed by atoms with Crippen molar-refractivity contribution < 1.29 is 0 Å². The molecule has 0 bridgehead atoms. The van der Waals surface area contributed by atoms with Crippen LogP contribution in [-0.2, 0) is 6.42 Å². The van der Waals surface area contributed by atoms with Crippen LogP contribution in [0.4, 0.5) is 0 Å². The standard InChI is InChI=1S/C16H22N2/c1-2-4-12-7-9-13(10-8-12)11-14-5-3-6-15(17)16(14)18/h2,7-11,15-16H,1,3-6,17-18H2. The van der Waals surface area contributed by atoms with E-state index in [0.29, 0.717) is 0 Å². The minimum atomic E-state index is 0.0200. The molecule has 2 unspecified atom stereocenters. The minimum Gasteiger partial charge on any atom is -0.326 e. The van der Waals surface area contributed by atoms with Gasteiger partial charge >= 0.3 is 0 Å². The van der Waals surface area contributed by atoms with Crippen LogP contribution in [0.15, 0.2) is 42.5 Å². The van der Waals surface area contributed by atoms with Gasteiger partial charge in [0, 0.05) is 12.1 Å². The van der Waals surface area contributed by atoms with Crippen molar-refractivity contribution >= 4 is 6.08 Å². The highest BCUT2D eigenvalue weighted by Gasteiger charge is 2.22. The molecular formula is C16H22N2. The third kappa shape index (κ3) is 3.09. The Hall–Kier alpha value is -1.38. The molecule has 0 aromatic heterocycles. The van der Waals surface area contributed by atoms with E-state index in [1.807, 2.05) is 6.08 Å². The van der Waals surface area contributed by atoms with E-state index in [0.717, 1.165) is 25.7 Å². The van der Waals surface area contributed by atoms with Gasteiger partial charge in [0.2, 0.25) is 0 Å². The Morgan fingerprint density at radius 1 is 1.22 bits per heavy atom. The molecule has 1 aromatic rings. The van der Waals surface area contributed by atoms with Crippen LogP contribution in [0.2, 0.25) is 0 Å². The van der Waals surface area contributed by atoms with Crippen LogP contribution >= 0.6 is 0 Å². The van der Waals surface area contributed by atoms with Crippen molar-refractivity contribution in [2.45, 2.75) is 37.8 Å². The van der Waals surface area contributed by atoms with E-state index in [-0.39, 0.29) is 12.1 Å². The Morgan fingerprint density at radius 2 is 1.94 bits per heavy atom. The van der Waals surface area contributed by atoms with Gasteiger partial charge in [-0.25, -0.2) is 0 Å². The zero-order chi connectivity index (χ0) is 13.0. The van der Waals surface area contributed by atoms with Crippen molar-refractivity contribution in [2.75, 3.05) is 0 Å². The first-order valence-electron chi connectivity index (χ1n) is 6.62. The molecule has 1 saturated carbocycles. The third-order valence-corrected chi connectivity index (χ3v) is 3.60. The molecule has 2 atom stereocenters. The maximum absolute atomic E-state index is 6.14. The number of allylic oxidation sites excluding steroid dienone is 1. The molecule has 1 aliphatic rings. The van der Waals surface area contributed by atoms with E-state index in [4.69, 9.17) is 11.5 Å². The smallest absolute Gasteiger partial charge is 0.0411 e. The van der Waals surface area contributed by atoms with E-state index in [1.165, 1.54) is 16.7 Å². The summed E-state index contributed by atoms with van der Waals surface area (Å²) in [6.45, 7) is 3.75. The van der Waals surface area contributed by atoms with Crippen LogP contribution in [0.1, 0.15) is 30.4 Å². The van der Waals surface area contributed by atoms with Gasteiger partial charge in [-0.2, -0.15) is 0 Å². The Morgan fingerprint density at radius 3 is 2.61 bits per heavy atom. The SMILES string of the molecule is C=CCc1ccc(C=C2CCCC(N)C2N)cc1. The van der Waals surface area contributed by atoms with E-state index < -0.39 is 0 Å². The highest BCUT2D eigenvalue weighted by molar-refractivity contribution is 5.55. The Kier molecular flexibility index (Phi) is 4.34. The summed E-state index contributed by atoms with van der Waals surface area (Å²) in [5.74, 6) is 0. The summed E-state index contributed by atoms with van der Waals surface area (Å²) in [6, 6.07) is 8.69. The van der Waals surface area contributed by atoms with E-state index >= 15 is 0 Å². The van der Waals surface area contributed by atoms with Crippen LogP contribution in [0.3, 0.4) is 0 Å². The number of benzene rings is 1. The molecule has 0 aliphatic heterocycles. The lowest BCUT2D eigenvalue weighted by molar-refractivity contribution is 0.464. The maximum atomic E-state index is 6.14. The highest BCUT2D eigenvalue weighted by Crippen LogP contribution is 2.24. The predicted molar refractivity (Wildman–Crippen MR) is 78.1 cm³/mol. The van der Waals surface area contributed by atoms with Gasteiger partial charge in [0.25, 0.3) is 0 Å². The van der Waals surface area contributed by atoms with Crippen LogP contribution < -0.4 is 11.5 Å². The first-order valence-corrected chi connectivity index (χ1v) is 6.62. The predicted octanol–water partition coefficient (Wildman–Crippen LogP) is 2.64. The Labute approximate surface area is 109 Å². The Balaban J connectivity index is 2.13. The molecule has 0 saturated heterocycles. The maximum Gasteiger partial charge on any atom is 0.0411 e. The summed E-state index contributed by atoms with van der Waals surface area (Å²) >= 11 is 0. The monoisotopic (exact) mass is 242 g/mol.